The van der Waals surface area contributed by atoms with Gasteiger partial charge in [0.05, 0.1) is 11.3 Å². The zero-order chi connectivity index (χ0) is 18.5. The molecule has 1 amide bonds. The Hall–Kier alpha value is -3.58. The van der Waals surface area contributed by atoms with Gasteiger partial charge in [0.15, 0.2) is 0 Å². The monoisotopic (exact) mass is 373 g/mol. The molecule has 7 heteroatoms. The van der Waals surface area contributed by atoms with Crippen LogP contribution in [0.25, 0.3) is 11.3 Å². The molecule has 0 aliphatic rings. The Balaban J connectivity index is 1.51. The van der Waals surface area contributed by atoms with Crippen molar-refractivity contribution >= 4 is 34.6 Å². The van der Waals surface area contributed by atoms with E-state index in [4.69, 9.17) is 0 Å². The van der Waals surface area contributed by atoms with E-state index >= 15 is 0 Å². The molecule has 0 aliphatic heterocycles. The second-order valence-corrected chi connectivity index (χ2v) is 6.46. The highest BCUT2D eigenvalue weighted by atomic mass is 32.1. The van der Waals surface area contributed by atoms with E-state index in [-0.39, 0.29) is 5.91 Å². The fourth-order valence-corrected chi connectivity index (χ4v) is 3.13. The van der Waals surface area contributed by atoms with E-state index in [9.17, 15) is 4.79 Å². The van der Waals surface area contributed by atoms with Gasteiger partial charge in [0, 0.05) is 40.9 Å². The summed E-state index contributed by atoms with van der Waals surface area (Å²) < 4.78 is 0. The highest BCUT2D eigenvalue weighted by Gasteiger charge is 2.07. The van der Waals surface area contributed by atoms with E-state index in [0.29, 0.717) is 17.2 Å². The number of thiophene rings is 1. The molecule has 0 saturated heterocycles. The van der Waals surface area contributed by atoms with Gasteiger partial charge in [0.25, 0.3) is 5.91 Å². The maximum atomic E-state index is 12.2. The molecule has 0 radical (unpaired) electrons. The molecule has 0 unspecified atom stereocenters. The van der Waals surface area contributed by atoms with Gasteiger partial charge < -0.3 is 10.6 Å². The first kappa shape index (κ1) is 16.9. The molecule has 0 atom stereocenters. The lowest BCUT2D eigenvalue weighted by Crippen LogP contribution is -2.10. The number of carbonyl (C=O) groups excluding carboxylic acids is 1. The Kier molecular flexibility index (Phi) is 4.84. The van der Waals surface area contributed by atoms with Gasteiger partial charge in [-0.15, -0.1) is 0 Å². The van der Waals surface area contributed by atoms with E-state index in [0.717, 1.165) is 16.9 Å². The summed E-state index contributed by atoms with van der Waals surface area (Å²) in [7, 11) is 0. The first-order valence-corrected chi connectivity index (χ1v) is 9.16. The smallest absolute Gasteiger partial charge is 0.256 e. The molecule has 0 saturated carbocycles. The molecule has 1 aromatic carbocycles. The zero-order valence-corrected chi connectivity index (χ0v) is 15.0. The number of nitrogens with zero attached hydrogens (tertiary/aromatic N) is 3. The van der Waals surface area contributed by atoms with Gasteiger partial charge in [-0.25, -0.2) is 9.97 Å². The summed E-state index contributed by atoms with van der Waals surface area (Å²) in [4.78, 5) is 25.1. The van der Waals surface area contributed by atoms with Crippen LogP contribution in [-0.2, 0) is 0 Å². The minimum Gasteiger partial charge on any atom is -0.324 e. The number of hydrogen-bond donors (Lipinski definition) is 2. The Labute approximate surface area is 160 Å². The number of carbonyl (C=O) groups is 1. The minimum absolute atomic E-state index is 0.136. The van der Waals surface area contributed by atoms with Crippen molar-refractivity contribution in [2.24, 2.45) is 0 Å². The van der Waals surface area contributed by atoms with E-state index in [1.54, 1.807) is 24.7 Å². The van der Waals surface area contributed by atoms with Crippen LogP contribution in [0.2, 0.25) is 0 Å². The average Bonchev–Trinajstić information content (AvgIpc) is 3.24. The summed E-state index contributed by atoms with van der Waals surface area (Å²) in [6.07, 6.45) is 5.17. The molecule has 2 N–H and O–H groups in total. The molecule has 6 nitrogen and oxygen atoms in total. The number of anilines is 3. The summed E-state index contributed by atoms with van der Waals surface area (Å²) in [6, 6.07) is 14.9. The summed E-state index contributed by atoms with van der Waals surface area (Å²) in [5.74, 6) is 0.334. The number of pyridine rings is 1. The summed E-state index contributed by atoms with van der Waals surface area (Å²) in [5.41, 5.74) is 3.81. The molecule has 27 heavy (non-hydrogen) atoms. The first-order valence-electron chi connectivity index (χ1n) is 8.22. The molecule has 4 rings (SSSR count). The first-order chi connectivity index (χ1) is 13.3. The molecule has 0 aliphatic carbocycles. The Morgan fingerprint density at radius 3 is 2.74 bits per heavy atom. The maximum Gasteiger partial charge on any atom is 0.256 e. The van der Waals surface area contributed by atoms with Crippen LogP contribution < -0.4 is 10.6 Å². The van der Waals surface area contributed by atoms with Crippen molar-refractivity contribution in [1.29, 1.82) is 0 Å². The van der Waals surface area contributed by atoms with Gasteiger partial charge >= 0.3 is 0 Å². The van der Waals surface area contributed by atoms with Crippen molar-refractivity contribution in [3.05, 3.63) is 83.4 Å². The molecule has 3 aromatic heterocycles. The largest absolute Gasteiger partial charge is 0.324 e. The Morgan fingerprint density at radius 2 is 1.93 bits per heavy atom. The van der Waals surface area contributed by atoms with Crippen LogP contribution in [0.4, 0.5) is 17.3 Å². The average molecular weight is 373 g/mol. The van der Waals surface area contributed by atoms with Gasteiger partial charge in [-0.1, -0.05) is 6.07 Å². The molecular formula is C20H15N5OS. The van der Waals surface area contributed by atoms with E-state index in [2.05, 4.69) is 25.6 Å². The number of amides is 1. The lowest BCUT2D eigenvalue weighted by molar-refractivity contribution is 0.102. The third-order valence-electron chi connectivity index (χ3n) is 3.77. The van der Waals surface area contributed by atoms with Crippen LogP contribution in [0.15, 0.2) is 77.9 Å². The minimum atomic E-state index is -0.136. The predicted octanol–water partition coefficient (Wildman–Crippen LogP) is 4.60. The summed E-state index contributed by atoms with van der Waals surface area (Å²) >= 11 is 1.49. The fraction of sp³-hybridized carbons (Fsp3) is 0. The van der Waals surface area contributed by atoms with Crippen molar-refractivity contribution in [3.63, 3.8) is 0 Å². The molecule has 3 heterocycles. The quantitative estimate of drug-likeness (QED) is 0.535. The standard InChI is InChI=1S/C20H15N5OS/c26-19(15-7-10-27-13-15)23-16-4-1-5-17(11-16)24-20-22-9-6-18(25-20)14-3-2-8-21-12-14/h1-13H,(H,23,26)(H,22,24,25). The Bertz CT molecular complexity index is 1050. The molecule has 4 aromatic rings. The van der Waals surface area contributed by atoms with Crippen LogP contribution in [0.5, 0.6) is 0 Å². The van der Waals surface area contributed by atoms with E-state index in [1.807, 2.05) is 53.2 Å². The SMILES string of the molecule is O=C(Nc1cccc(Nc2nccc(-c3cccnc3)n2)c1)c1ccsc1. The second kappa shape index (κ2) is 7.76. The van der Waals surface area contributed by atoms with E-state index in [1.165, 1.54) is 11.3 Å². The lowest BCUT2D eigenvalue weighted by atomic mass is 10.2. The lowest BCUT2D eigenvalue weighted by Gasteiger charge is -2.09. The third-order valence-corrected chi connectivity index (χ3v) is 4.46. The number of nitrogens with one attached hydrogen (secondary N) is 2. The van der Waals surface area contributed by atoms with Crippen molar-refractivity contribution in [1.82, 2.24) is 15.0 Å². The highest BCUT2D eigenvalue weighted by Crippen LogP contribution is 2.21. The molecular weight excluding hydrogens is 358 g/mol. The number of rotatable bonds is 5. The second-order valence-electron chi connectivity index (χ2n) is 5.68. The fourth-order valence-electron chi connectivity index (χ4n) is 2.49. The molecule has 0 spiro atoms. The van der Waals surface area contributed by atoms with E-state index < -0.39 is 0 Å². The van der Waals surface area contributed by atoms with Gasteiger partial charge in [-0.05, 0) is 47.8 Å². The van der Waals surface area contributed by atoms with Gasteiger partial charge in [0.2, 0.25) is 5.95 Å². The molecule has 132 valence electrons. The van der Waals surface area contributed by atoms with Crippen molar-refractivity contribution in [2.75, 3.05) is 10.6 Å². The van der Waals surface area contributed by atoms with Crippen molar-refractivity contribution < 1.29 is 4.79 Å². The zero-order valence-electron chi connectivity index (χ0n) is 14.2. The Morgan fingerprint density at radius 1 is 1.00 bits per heavy atom. The van der Waals surface area contributed by atoms with Crippen LogP contribution >= 0.6 is 11.3 Å². The summed E-state index contributed by atoms with van der Waals surface area (Å²) in [6.45, 7) is 0. The third kappa shape index (κ3) is 4.16. The van der Waals surface area contributed by atoms with Crippen LogP contribution in [0.1, 0.15) is 10.4 Å². The molecule has 0 bridgehead atoms. The topological polar surface area (TPSA) is 79.8 Å². The highest BCUT2D eigenvalue weighted by molar-refractivity contribution is 7.08. The molecule has 0 fully saturated rings. The van der Waals surface area contributed by atoms with Crippen LogP contribution in [0, 0.1) is 0 Å². The van der Waals surface area contributed by atoms with Gasteiger partial charge in [-0.2, -0.15) is 11.3 Å². The normalized spacial score (nSPS) is 10.4. The summed E-state index contributed by atoms with van der Waals surface area (Å²) in [5, 5.41) is 9.75. The predicted molar refractivity (Wildman–Crippen MR) is 107 cm³/mol. The number of aromatic nitrogens is 3. The van der Waals surface area contributed by atoms with Crippen molar-refractivity contribution in [3.8, 4) is 11.3 Å². The maximum absolute atomic E-state index is 12.2. The van der Waals surface area contributed by atoms with Gasteiger partial charge in [-0.3, -0.25) is 9.78 Å². The van der Waals surface area contributed by atoms with Crippen LogP contribution in [-0.4, -0.2) is 20.9 Å². The van der Waals surface area contributed by atoms with Crippen molar-refractivity contribution in [2.45, 2.75) is 0 Å². The van der Waals surface area contributed by atoms with Gasteiger partial charge in [0.1, 0.15) is 0 Å². The van der Waals surface area contributed by atoms with Crippen LogP contribution in [0.3, 0.4) is 0 Å². The number of benzene rings is 1. The number of hydrogen-bond acceptors (Lipinski definition) is 6.